The van der Waals surface area contributed by atoms with E-state index in [-0.39, 0.29) is 30.2 Å². The number of nitrogens with one attached hydrogen (secondary N) is 1. The van der Waals surface area contributed by atoms with Gasteiger partial charge in [0.1, 0.15) is 18.4 Å². The molecular formula is C23H24F5N3O5. The Morgan fingerprint density at radius 2 is 1.92 bits per heavy atom. The van der Waals surface area contributed by atoms with Crippen LogP contribution in [0.3, 0.4) is 0 Å². The number of nitrogens with two attached hydrogens (primary N) is 1. The van der Waals surface area contributed by atoms with E-state index in [2.05, 4.69) is 10.3 Å². The molecular weight excluding hydrogens is 493 g/mol. The number of nitrogens with zero attached hydrogens (tertiary/aromatic N) is 1. The molecule has 2 aromatic rings. The van der Waals surface area contributed by atoms with Crippen LogP contribution in [0.25, 0.3) is 0 Å². The number of rotatable bonds is 8. The highest BCUT2D eigenvalue weighted by Gasteiger charge is 2.65. The molecule has 3 N–H and O–H groups in total. The third-order valence-corrected chi connectivity index (χ3v) is 6.18. The molecule has 0 saturated carbocycles. The second kappa shape index (κ2) is 10.3. The molecule has 196 valence electrons. The number of pyridine rings is 1. The van der Waals surface area contributed by atoms with Gasteiger partial charge in [0.15, 0.2) is 17.2 Å². The van der Waals surface area contributed by atoms with Crippen LogP contribution in [0.2, 0.25) is 0 Å². The number of carbonyl (C=O) groups excluding carboxylic acids is 2. The lowest BCUT2D eigenvalue weighted by Crippen LogP contribution is -2.47. The van der Waals surface area contributed by atoms with Crippen molar-refractivity contribution in [2.45, 2.75) is 37.6 Å². The highest BCUT2D eigenvalue weighted by Crippen LogP contribution is 2.55. The largest absolute Gasteiger partial charge is 0.488 e. The van der Waals surface area contributed by atoms with Gasteiger partial charge in [-0.3, -0.25) is 14.6 Å². The first-order valence-electron chi connectivity index (χ1n) is 10.7. The first-order chi connectivity index (χ1) is 16.8. The van der Waals surface area contributed by atoms with Crippen molar-refractivity contribution in [3.63, 3.8) is 0 Å². The molecule has 0 spiro atoms. The van der Waals surface area contributed by atoms with Gasteiger partial charge in [-0.25, -0.2) is 4.39 Å². The number of hydrogen-bond acceptors (Lipinski definition) is 6. The van der Waals surface area contributed by atoms with Gasteiger partial charge in [-0.15, -0.1) is 0 Å². The van der Waals surface area contributed by atoms with Crippen molar-refractivity contribution in [2.24, 2.45) is 11.7 Å². The van der Waals surface area contributed by atoms with Crippen molar-refractivity contribution < 1.29 is 45.8 Å². The van der Waals surface area contributed by atoms with Crippen molar-refractivity contribution in [3.8, 4) is 5.75 Å². The molecule has 4 atom stereocenters. The number of primary amides is 1. The normalized spacial score (nSPS) is 23.9. The Bertz CT molecular complexity index is 1150. The van der Waals surface area contributed by atoms with E-state index in [1.54, 1.807) is 0 Å². The van der Waals surface area contributed by atoms with Gasteiger partial charge in [-0.2, -0.15) is 17.6 Å². The van der Waals surface area contributed by atoms with Crippen LogP contribution in [0.15, 0.2) is 30.5 Å². The number of halogens is 5. The molecule has 1 aliphatic rings. The van der Waals surface area contributed by atoms with Gasteiger partial charge >= 0.3 is 6.18 Å². The van der Waals surface area contributed by atoms with Gasteiger partial charge in [0.05, 0.1) is 6.61 Å². The van der Waals surface area contributed by atoms with Crippen LogP contribution in [-0.4, -0.2) is 55.0 Å². The number of amides is 2. The monoisotopic (exact) mass is 517 g/mol. The van der Waals surface area contributed by atoms with E-state index in [9.17, 15) is 31.5 Å². The van der Waals surface area contributed by atoms with Gasteiger partial charge in [0, 0.05) is 36.4 Å². The summed E-state index contributed by atoms with van der Waals surface area (Å²) in [6.45, 7) is 1.73. The number of hydrogen-bond donors (Lipinski definition) is 2. The van der Waals surface area contributed by atoms with Crippen molar-refractivity contribution in [1.29, 1.82) is 0 Å². The van der Waals surface area contributed by atoms with E-state index in [0.717, 1.165) is 25.1 Å². The van der Waals surface area contributed by atoms with E-state index in [0.29, 0.717) is 0 Å². The first-order valence-corrected chi connectivity index (χ1v) is 10.7. The molecule has 1 fully saturated rings. The van der Waals surface area contributed by atoms with Crippen LogP contribution in [0.5, 0.6) is 5.75 Å². The zero-order chi connectivity index (χ0) is 26.8. The summed E-state index contributed by atoms with van der Waals surface area (Å²) in [6.07, 6.45) is -5.54. The molecule has 8 nitrogen and oxygen atoms in total. The Morgan fingerprint density at radius 1 is 1.22 bits per heavy atom. The Morgan fingerprint density at radius 3 is 2.53 bits per heavy atom. The van der Waals surface area contributed by atoms with E-state index in [4.69, 9.17) is 19.9 Å². The predicted octanol–water partition coefficient (Wildman–Crippen LogP) is 3.56. The lowest BCUT2D eigenvalue weighted by molar-refractivity contribution is -0.272. The molecule has 0 unspecified atom stereocenters. The Labute approximate surface area is 202 Å². The lowest BCUT2D eigenvalue weighted by Gasteiger charge is -2.32. The van der Waals surface area contributed by atoms with E-state index < -0.39 is 58.9 Å². The van der Waals surface area contributed by atoms with Crippen LogP contribution in [-0.2, 0) is 14.3 Å². The molecule has 36 heavy (non-hydrogen) atoms. The van der Waals surface area contributed by atoms with Crippen molar-refractivity contribution >= 4 is 17.5 Å². The second-order valence-electron chi connectivity index (χ2n) is 8.36. The topological polar surface area (TPSA) is 113 Å². The van der Waals surface area contributed by atoms with E-state index in [1.165, 1.54) is 26.3 Å². The average Bonchev–Trinajstić information content (AvgIpc) is 3.09. The molecule has 1 aromatic carbocycles. The van der Waals surface area contributed by atoms with Crippen LogP contribution < -0.4 is 15.8 Å². The molecule has 1 saturated heterocycles. The number of ether oxygens (including phenoxy) is 3. The number of benzene rings is 1. The van der Waals surface area contributed by atoms with Crippen molar-refractivity contribution in [1.82, 2.24) is 4.98 Å². The first kappa shape index (κ1) is 27.3. The van der Waals surface area contributed by atoms with E-state index in [1.807, 2.05) is 0 Å². The molecule has 0 bridgehead atoms. The molecule has 1 aromatic heterocycles. The fourth-order valence-corrected chi connectivity index (χ4v) is 4.06. The van der Waals surface area contributed by atoms with Crippen LogP contribution >= 0.6 is 0 Å². The van der Waals surface area contributed by atoms with E-state index >= 15 is 0 Å². The van der Waals surface area contributed by atoms with Gasteiger partial charge in [-0.05, 0) is 25.1 Å². The Balaban J connectivity index is 2.07. The van der Waals surface area contributed by atoms with Crippen LogP contribution in [0.1, 0.15) is 35.8 Å². The third kappa shape index (κ3) is 5.12. The molecule has 2 amide bonds. The quantitative estimate of drug-likeness (QED) is 0.409. The molecule has 2 heterocycles. The molecule has 0 radical (unpaired) electrons. The maximum atomic E-state index is 14.7. The Kier molecular flexibility index (Phi) is 7.84. The summed E-state index contributed by atoms with van der Waals surface area (Å²) in [5.41, 5.74) is 2.00. The molecule has 0 aliphatic carbocycles. The SMILES string of the molecule is COCCOc1c([C@@H]2[C@@H](C(=O)Nc3ccnc(C(N)=O)c3)O[C@](C)(C(F)(F)F)[C@@H]2C)ccc(F)c1F. The minimum Gasteiger partial charge on any atom is -0.488 e. The smallest absolute Gasteiger partial charge is 0.417 e. The summed E-state index contributed by atoms with van der Waals surface area (Å²) in [5, 5.41) is 2.38. The minimum absolute atomic E-state index is 0.0134. The van der Waals surface area contributed by atoms with Crippen LogP contribution in [0, 0.1) is 17.6 Å². The second-order valence-corrected chi connectivity index (χ2v) is 8.36. The fourth-order valence-electron chi connectivity index (χ4n) is 4.06. The zero-order valence-electron chi connectivity index (χ0n) is 19.5. The highest BCUT2D eigenvalue weighted by molar-refractivity contribution is 5.97. The predicted molar refractivity (Wildman–Crippen MR) is 116 cm³/mol. The van der Waals surface area contributed by atoms with Gasteiger partial charge in [-0.1, -0.05) is 13.0 Å². The summed E-state index contributed by atoms with van der Waals surface area (Å²) in [4.78, 5) is 28.3. The van der Waals surface area contributed by atoms with Gasteiger partial charge in [0.2, 0.25) is 5.82 Å². The maximum Gasteiger partial charge on any atom is 0.417 e. The molecule has 3 rings (SSSR count). The summed E-state index contributed by atoms with van der Waals surface area (Å²) >= 11 is 0. The summed E-state index contributed by atoms with van der Waals surface area (Å²) in [6, 6.07) is 4.22. The number of alkyl halides is 3. The number of carbonyl (C=O) groups is 2. The summed E-state index contributed by atoms with van der Waals surface area (Å²) in [7, 11) is 1.34. The standard InChI is InChI=1S/C23H24F5N3O5/c1-11-16(13-4-5-14(24)17(25)18(13)35-9-8-34-3)19(36-22(11,2)23(26,27)28)21(33)31-12-6-7-30-15(10-12)20(29)32/h4-7,10-11,16,19H,8-9H2,1-3H3,(H2,29,32)(H,30,31,33)/t11-,16-,19+,22+/m1/s1. The number of methoxy groups -OCH3 is 1. The lowest BCUT2D eigenvalue weighted by atomic mass is 9.77. The minimum atomic E-state index is -4.91. The van der Waals surface area contributed by atoms with Crippen LogP contribution in [0.4, 0.5) is 27.6 Å². The molecule has 1 aliphatic heterocycles. The number of anilines is 1. The average molecular weight is 517 g/mol. The maximum absolute atomic E-state index is 14.7. The van der Waals surface area contributed by atoms with Crippen molar-refractivity contribution in [2.75, 3.05) is 25.6 Å². The van der Waals surface area contributed by atoms with Crippen molar-refractivity contribution in [3.05, 3.63) is 53.4 Å². The fraction of sp³-hybridized carbons (Fsp3) is 0.435. The number of aromatic nitrogens is 1. The third-order valence-electron chi connectivity index (χ3n) is 6.18. The van der Waals surface area contributed by atoms with Gasteiger partial charge < -0.3 is 25.3 Å². The summed E-state index contributed by atoms with van der Waals surface area (Å²) < 4.78 is 86.5. The zero-order valence-corrected chi connectivity index (χ0v) is 19.5. The highest BCUT2D eigenvalue weighted by atomic mass is 19.4. The van der Waals surface area contributed by atoms with Gasteiger partial charge in [0.25, 0.3) is 11.8 Å². The Hall–Kier alpha value is -3.32. The summed E-state index contributed by atoms with van der Waals surface area (Å²) in [5.74, 6) is -8.09. The molecule has 13 heteroatoms.